The second-order valence-corrected chi connectivity index (χ2v) is 6.47. The lowest BCUT2D eigenvalue weighted by molar-refractivity contribution is -0.138. The fourth-order valence-corrected chi connectivity index (χ4v) is 3.58. The maximum absolute atomic E-state index is 12.6. The smallest absolute Gasteiger partial charge is 0.336 e. The Morgan fingerprint density at radius 2 is 2.00 bits per heavy atom. The van der Waals surface area contributed by atoms with E-state index in [4.69, 9.17) is 16.3 Å². The van der Waals surface area contributed by atoms with Crippen LogP contribution in [0.3, 0.4) is 0 Å². The molecular weight excluding hydrogens is 326 g/mol. The lowest BCUT2D eigenvalue weighted by Gasteiger charge is -2.34. The molecule has 126 valence electrons. The summed E-state index contributed by atoms with van der Waals surface area (Å²) in [6.07, 6.45) is 2.17. The largest absolute Gasteiger partial charge is 0.463 e. The Kier molecular flexibility index (Phi) is 4.76. The van der Waals surface area contributed by atoms with Crippen LogP contribution in [-0.4, -0.2) is 18.4 Å². The van der Waals surface area contributed by atoms with Gasteiger partial charge in [0, 0.05) is 34.3 Å². The van der Waals surface area contributed by atoms with Gasteiger partial charge in [-0.05, 0) is 44.4 Å². The molecule has 24 heavy (non-hydrogen) atoms. The summed E-state index contributed by atoms with van der Waals surface area (Å²) < 4.78 is 5.25. The van der Waals surface area contributed by atoms with Crippen molar-refractivity contribution >= 4 is 23.4 Å². The van der Waals surface area contributed by atoms with Crippen LogP contribution in [0.5, 0.6) is 0 Å². The Hall–Kier alpha value is -2.07. The van der Waals surface area contributed by atoms with Crippen LogP contribution in [-0.2, 0) is 14.3 Å². The molecule has 0 radical (unpaired) electrons. The second-order valence-electron chi connectivity index (χ2n) is 6.04. The van der Waals surface area contributed by atoms with E-state index >= 15 is 0 Å². The van der Waals surface area contributed by atoms with Crippen molar-refractivity contribution in [1.29, 1.82) is 0 Å². The zero-order valence-electron chi connectivity index (χ0n) is 13.8. The van der Waals surface area contributed by atoms with Gasteiger partial charge in [0.05, 0.1) is 12.2 Å². The molecule has 1 aromatic carbocycles. The molecule has 1 heterocycles. The molecule has 5 heteroatoms. The van der Waals surface area contributed by atoms with Gasteiger partial charge in [-0.2, -0.15) is 0 Å². The van der Waals surface area contributed by atoms with Crippen molar-refractivity contribution in [3.63, 3.8) is 0 Å². The highest BCUT2D eigenvalue weighted by Gasteiger charge is 2.38. The van der Waals surface area contributed by atoms with Gasteiger partial charge in [0.25, 0.3) is 0 Å². The number of ketones is 1. The van der Waals surface area contributed by atoms with E-state index in [0.29, 0.717) is 29.2 Å². The lowest BCUT2D eigenvalue weighted by Crippen LogP contribution is -2.34. The summed E-state index contributed by atoms with van der Waals surface area (Å²) in [4.78, 5) is 25.2. The highest BCUT2D eigenvalue weighted by Crippen LogP contribution is 2.42. The van der Waals surface area contributed by atoms with Crippen LogP contribution in [0.1, 0.15) is 44.6 Å². The predicted octanol–water partition coefficient (Wildman–Crippen LogP) is 3.87. The van der Waals surface area contributed by atoms with E-state index in [2.05, 4.69) is 5.32 Å². The van der Waals surface area contributed by atoms with Crippen molar-refractivity contribution in [2.45, 2.75) is 39.0 Å². The lowest BCUT2D eigenvalue weighted by atomic mass is 9.75. The summed E-state index contributed by atoms with van der Waals surface area (Å²) >= 11 is 6.00. The van der Waals surface area contributed by atoms with Gasteiger partial charge in [-0.3, -0.25) is 4.79 Å². The van der Waals surface area contributed by atoms with Crippen molar-refractivity contribution in [3.8, 4) is 0 Å². The van der Waals surface area contributed by atoms with Gasteiger partial charge in [0.15, 0.2) is 5.78 Å². The number of carbonyl (C=O) groups excluding carboxylic acids is 2. The zero-order valence-corrected chi connectivity index (χ0v) is 14.6. The first-order valence-corrected chi connectivity index (χ1v) is 8.57. The molecule has 1 N–H and O–H groups in total. The third-order valence-electron chi connectivity index (χ3n) is 4.47. The van der Waals surface area contributed by atoms with Crippen molar-refractivity contribution in [3.05, 3.63) is 57.4 Å². The first kappa shape index (κ1) is 16.8. The molecule has 0 spiro atoms. The van der Waals surface area contributed by atoms with Crippen molar-refractivity contribution in [1.82, 2.24) is 5.32 Å². The number of esters is 1. The molecule has 4 nitrogen and oxygen atoms in total. The summed E-state index contributed by atoms with van der Waals surface area (Å²) in [7, 11) is 0. The Balaban J connectivity index is 2.15. The number of allylic oxidation sites excluding steroid dienone is 3. The third kappa shape index (κ3) is 2.98. The van der Waals surface area contributed by atoms with E-state index in [1.807, 2.05) is 19.1 Å². The molecule has 0 fully saturated rings. The Morgan fingerprint density at radius 3 is 2.67 bits per heavy atom. The molecule has 0 amide bonds. The number of benzene rings is 1. The van der Waals surface area contributed by atoms with Gasteiger partial charge in [0.2, 0.25) is 0 Å². The van der Waals surface area contributed by atoms with Crippen LogP contribution >= 0.6 is 11.6 Å². The molecule has 0 saturated carbocycles. The van der Waals surface area contributed by atoms with E-state index in [1.165, 1.54) is 0 Å². The number of halogens is 1. The molecule has 0 bridgehead atoms. The maximum Gasteiger partial charge on any atom is 0.336 e. The molecule has 0 saturated heterocycles. The van der Waals surface area contributed by atoms with Gasteiger partial charge in [-0.1, -0.05) is 23.7 Å². The number of hydrogen-bond acceptors (Lipinski definition) is 4. The highest BCUT2D eigenvalue weighted by atomic mass is 35.5. The van der Waals surface area contributed by atoms with Crippen LogP contribution in [0.4, 0.5) is 0 Å². The molecule has 1 aromatic rings. The van der Waals surface area contributed by atoms with Crippen molar-refractivity contribution in [2.24, 2.45) is 0 Å². The van der Waals surface area contributed by atoms with Crippen molar-refractivity contribution in [2.75, 3.05) is 6.61 Å². The maximum atomic E-state index is 12.6. The summed E-state index contributed by atoms with van der Waals surface area (Å²) in [5, 5.41) is 3.88. The standard InChI is InChI=1S/C19H20ClNO3/c1-3-24-19(23)16-11(2)21-14-5-4-6-15(22)18(14)17(16)12-7-9-13(20)10-8-12/h7-10,17,21H,3-6H2,1-2H3. The minimum absolute atomic E-state index is 0.0954. The number of rotatable bonds is 3. The van der Waals surface area contributed by atoms with Crippen LogP contribution in [0.25, 0.3) is 0 Å². The molecule has 1 aliphatic heterocycles. The quantitative estimate of drug-likeness (QED) is 0.845. The number of Topliss-reactive ketones (excluding diaryl/α,β-unsaturated/α-hetero) is 1. The first-order valence-electron chi connectivity index (χ1n) is 8.19. The van der Waals surface area contributed by atoms with Gasteiger partial charge < -0.3 is 10.1 Å². The van der Waals surface area contributed by atoms with E-state index in [0.717, 1.165) is 29.8 Å². The van der Waals surface area contributed by atoms with Gasteiger partial charge in [-0.15, -0.1) is 0 Å². The summed E-state index contributed by atoms with van der Waals surface area (Å²) in [6.45, 7) is 3.93. The van der Waals surface area contributed by atoms with E-state index in [1.54, 1.807) is 19.1 Å². The summed E-state index contributed by atoms with van der Waals surface area (Å²) in [5.74, 6) is -0.685. The Morgan fingerprint density at radius 1 is 1.29 bits per heavy atom. The van der Waals surface area contributed by atoms with E-state index in [-0.39, 0.29) is 11.8 Å². The molecule has 2 aliphatic rings. The third-order valence-corrected chi connectivity index (χ3v) is 4.73. The van der Waals surface area contributed by atoms with Crippen molar-refractivity contribution < 1.29 is 14.3 Å². The average molecular weight is 346 g/mol. The monoisotopic (exact) mass is 345 g/mol. The molecular formula is C19H20ClNO3. The topological polar surface area (TPSA) is 55.4 Å². The van der Waals surface area contributed by atoms with E-state index in [9.17, 15) is 9.59 Å². The fourth-order valence-electron chi connectivity index (χ4n) is 3.45. The average Bonchev–Trinajstić information content (AvgIpc) is 2.55. The predicted molar refractivity (Wildman–Crippen MR) is 92.5 cm³/mol. The first-order chi connectivity index (χ1) is 11.5. The number of hydrogen-bond donors (Lipinski definition) is 1. The molecule has 0 aromatic heterocycles. The number of nitrogens with one attached hydrogen (secondary N) is 1. The van der Waals surface area contributed by atoms with Gasteiger partial charge >= 0.3 is 5.97 Å². The highest BCUT2D eigenvalue weighted by molar-refractivity contribution is 6.30. The van der Waals surface area contributed by atoms with Crippen LogP contribution in [0.15, 0.2) is 46.8 Å². The SMILES string of the molecule is CCOC(=O)C1=C(C)NC2=C(C(=O)CCC2)C1c1ccc(Cl)cc1. The zero-order chi connectivity index (χ0) is 17.3. The summed E-state index contributed by atoms with van der Waals surface area (Å²) in [6, 6.07) is 7.31. The normalized spacial score (nSPS) is 20.6. The van der Waals surface area contributed by atoms with Crippen LogP contribution in [0, 0.1) is 0 Å². The minimum atomic E-state index is -0.398. The van der Waals surface area contributed by atoms with E-state index < -0.39 is 5.92 Å². The van der Waals surface area contributed by atoms with Gasteiger partial charge in [0.1, 0.15) is 0 Å². The second kappa shape index (κ2) is 6.81. The number of dihydropyridines is 1. The van der Waals surface area contributed by atoms with Gasteiger partial charge in [-0.25, -0.2) is 4.79 Å². The minimum Gasteiger partial charge on any atom is -0.463 e. The molecule has 3 rings (SSSR count). The molecule has 1 unspecified atom stereocenters. The Bertz CT molecular complexity index is 746. The number of ether oxygens (including phenoxy) is 1. The molecule has 1 aliphatic carbocycles. The van der Waals surface area contributed by atoms with Crippen LogP contribution in [0.2, 0.25) is 5.02 Å². The van der Waals surface area contributed by atoms with Crippen LogP contribution < -0.4 is 5.32 Å². The summed E-state index contributed by atoms with van der Waals surface area (Å²) in [5.41, 5.74) is 3.76. The molecule has 1 atom stereocenters. The number of carbonyl (C=O) groups is 2. The Labute approximate surface area is 146 Å². The fraction of sp³-hybridized carbons (Fsp3) is 0.368.